The zero-order valence-electron chi connectivity index (χ0n) is 13.1. The van der Waals surface area contributed by atoms with Crippen molar-refractivity contribution < 1.29 is 9.53 Å². The molecule has 5 heteroatoms. The molecule has 2 heterocycles. The summed E-state index contributed by atoms with van der Waals surface area (Å²) in [6.07, 6.45) is 6.78. The van der Waals surface area contributed by atoms with Crippen LogP contribution in [0.3, 0.4) is 0 Å². The van der Waals surface area contributed by atoms with Crippen LogP contribution in [0.4, 0.5) is 0 Å². The topological polar surface area (TPSA) is 67.0 Å². The van der Waals surface area contributed by atoms with Crippen LogP contribution in [0.15, 0.2) is 29.6 Å². The second-order valence-corrected chi connectivity index (χ2v) is 7.06. The van der Waals surface area contributed by atoms with Gasteiger partial charge in [-0.05, 0) is 55.1 Å². The summed E-state index contributed by atoms with van der Waals surface area (Å²) >= 11 is 0. The van der Waals surface area contributed by atoms with Crippen LogP contribution >= 0.6 is 0 Å². The van der Waals surface area contributed by atoms with E-state index in [4.69, 9.17) is 4.74 Å². The molecule has 2 aromatic rings. The molecule has 0 aliphatic heterocycles. The maximum atomic E-state index is 12.6. The van der Waals surface area contributed by atoms with Crippen molar-refractivity contribution in [1.29, 1.82) is 0 Å². The second kappa shape index (κ2) is 4.60. The molecular formula is C18H19N3O2. The molecule has 2 unspecified atom stereocenters. The van der Waals surface area contributed by atoms with Crippen LogP contribution in [0.1, 0.15) is 36.2 Å². The summed E-state index contributed by atoms with van der Waals surface area (Å²) in [7, 11) is 1.59. The smallest absolute Gasteiger partial charge is 0.271 e. The average molecular weight is 309 g/mol. The lowest BCUT2D eigenvalue weighted by molar-refractivity contribution is 0.0916. The summed E-state index contributed by atoms with van der Waals surface area (Å²) < 4.78 is 5.12. The summed E-state index contributed by atoms with van der Waals surface area (Å²) in [6.45, 7) is 0. The second-order valence-electron chi connectivity index (χ2n) is 7.06. The lowest BCUT2D eigenvalue weighted by atomic mass is 9.53. The Morgan fingerprint density at radius 1 is 1.30 bits per heavy atom. The lowest BCUT2D eigenvalue weighted by Crippen LogP contribution is -2.45. The number of nitrogens with one attached hydrogen (secondary N) is 2. The molecular weight excluding hydrogens is 290 g/mol. The summed E-state index contributed by atoms with van der Waals surface area (Å²) in [5.41, 5.74) is 4.19. The SMILES string of the molecule is COc1cc2[nH]c(C(=O)NC3=C4C5CC(C3)CC4C5)cc2cn1. The maximum absolute atomic E-state index is 12.6. The Kier molecular flexibility index (Phi) is 2.63. The van der Waals surface area contributed by atoms with E-state index in [1.807, 2.05) is 12.1 Å². The first kappa shape index (κ1) is 13.2. The molecule has 0 saturated heterocycles. The van der Waals surface area contributed by atoms with Crippen LogP contribution < -0.4 is 10.1 Å². The van der Waals surface area contributed by atoms with Gasteiger partial charge in [-0.1, -0.05) is 0 Å². The van der Waals surface area contributed by atoms with Gasteiger partial charge < -0.3 is 15.0 Å². The van der Waals surface area contributed by atoms with Crippen molar-refractivity contribution in [2.45, 2.75) is 25.7 Å². The van der Waals surface area contributed by atoms with E-state index in [-0.39, 0.29) is 5.91 Å². The van der Waals surface area contributed by atoms with Gasteiger partial charge in [0.1, 0.15) is 5.69 Å². The van der Waals surface area contributed by atoms with Crippen molar-refractivity contribution in [2.24, 2.45) is 17.8 Å². The number of hydrogen-bond acceptors (Lipinski definition) is 3. The Morgan fingerprint density at radius 2 is 2.13 bits per heavy atom. The number of aromatic amines is 1. The molecule has 5 aliphatic rings. The molecule has 4 bridgehead atoms. The molecule has 0 spiro atoms. The Balaban J connectivity index is 1.43. The number of fused-ring (bicyclic) bond motifs is 2. The van der Waals surface area contributed by atoms with Gasteiger partial charge in [0.2, 0.25) is 5.88 Å². The Hall–Kier alpha value is -2.30. The normalized spacial score (nSPS) is 28.0. The van der Waals surface area contributed by atoms with Crippen molar-refractivity contribution in [3.05, 3.63) is 35.3 Å². The number of carbonyl (C=O) groups is 1. The van der Waals surface area contributed by atoms with E-state index in [9.17, 15) is 4.79 Å². The number of ether oxygens (including phenoxy) is 1. The van der Waals surface area contributed by atoms with Gasteiger partial charge in [0.25, 0.3) is 5.91 Å². The van der Waals surface area contributed by atoms with Gasteiger partial charge in [-0.3, -0.25) is 4.79 Å². The molecule has 1 amide bonds. The third-order valence-electron chi connectivity index (χ3n) is 5.72. The molecule has 3 saturated carbocycles. The molecule has 7 rings (SSSR count). The van der Waals surface area contributed by atoms with E-state index >= 15 is 0 Å². The first-order valence-electron chi connectivity index (χ1n) is 8.28. The number of allylic oxidation sites excluding steroid dienone is 2. The molecule has 2 aromatic heterocycles. The average Bonchev–Trinajstić information content (AvgIpc) is 2.97. The van der Waals surface area contributed by atoms with Crippen molar-refractivity contribution in [2.75, 3.05) is 7.11 Å². The summed E-state index contributed by atoms with van der Waals surface area (Å²) in [6, 6.07) is 3.66. The van der Waals surface area contributed by atoms with E-state index in [0.717, 1.165) is 35.1 Å². The number of H-pyrrole nitrogens is 1. The Morgan fingerprint density at radius 3 is 2.87 bits per heavy atom. The Labute approximate surface area is 134 Å². The fraction of sp³-hybridized carbons (Fsp3) is 0.444. The van der Waals surface area contributed by atoms with E-state index in [1.54, 1.807) is 18.9 Å². The fourth-order valence-electron chi connectivity index (χ4n) is 4.75. The highest BCUT2D eigenvalue weighted by Crippen LogP contribution is 2.58. The predicted octanol–water partition coefficient (Wildman–Crippen LogP) is 3.01. The van der Waals surface area contributed by atoms with E-state index < -0.39 is 0 Å². The zero-order chi connectivity index (χ0) is 15.6. The molecule has 0 aromatic carbocycles. The quantitative estimate of drug-likeness (QED) is 0.916. The number of pyridine rings is 1. The number of methoxy groups -OCH3 is 1. The van der Waals surface area contributed by atoms with Crippen molar-refractivity contribution >= 4 is 16.8 Å². The summed E-state index contributed by atoms with van der Waals surface area (Å²) in [4.78, 5) is 20.0. The molecule has 5 nitrogen and oxygen atoms in total. The minimum Gasteiger partial charge on any atom is -0.481 e. The predicted molar refractivity (Wildman–Crippen MR) is 86.1 cm³/mol. The van der Waals surface area contributed by atoms with Crippen LogP contribution in [-0.4, -0.2) is 23.0 Å². The number of carbonyl (C=O) groups excluding carboxylic acids is 1. The third-order valence-corrected chi connectivity index (χ3v) is 5.72. The number of nitrogens with zero attached hydrogens (tertiary/aromatic N) is 1. The van der Waals surface area contributed by atoms with E-state index in [2.05, 4.69) is 15.3 Å². The van der Waals surface area contributed by atoms with Crippen LogP contribution in [0.2, 0.25) is 0 Å². The maximum Gasteiger partial charge on any atom is 0.271 e. The largest absolute Gasteiger partial charge is 0.481 e. The molecule has 23 heavy (non-hydrogen) atoms. The van der Waals surface area contributed by atoms with Gasteiger partial charge in [-0.2, -0.15) is 0 Å². The minimum atomic E-state index is -0.0467. The van der Waals surface area contributed by atoms with Gasteiger partial charge >= 0.3 is 0 Å². The van der Waals surface area contributed by atoms with Crippen LogP contribution in [0.5, 0.6) is 5.88 Å². The standard InChI is InChI=1S/C18H19N3O2/c1-23-16-7-13-12(8-19-16)6-15(20-13)18(22)21-14-4-9-2-10-5-11(3-9)17(10)14/h6-11,20H,2-5H2,1H3,(H,21,22). The molecule has 118 valence electrons. The van der Waals surface area contributed by atoms with Crippen LogP contribution in [-0.2, 0) is 0 Å². The fourth-order valence-corrected chi connectivity index (χ4v) is 4.75. The van der Waals surface area contributed by atoms with Crippen molar-refractivity contribution in [1.82, 2.24) is 15.3 Å². The highest BCUT2D eigenvalue weighted by atomic mass is 16.5. The van der Waals surface area contributed by atoms with Gasteiger partial charge in [-0.15, -0.1) is 0 Å². The monoisotopic (exact) mass is 309 g/mol. The molecule has 5 aliphatic carbocycles. The van der Waals surface area contributed by atoms with Gasteiger partial charge in [0, 0.05) is 23.3 Å². The summed E-state index contributed by atoms with van der Waals surface area (Å²) in [5, 5.41) is 4.09. The number of hydrogen-bond donors (Lipinski definition) is 2. The van der Waals surface area contributed by atoms with Crippen LogP contribution in [0.25, 0.3) is 10.9 Å². The molecule has 2 N–H and O–H groups in total. The molecule has 0 radical (unpaired) electrons. The third kappa shape index (κ3) is 1.92. The first-order chi connectivity index (χ1) is 11.2. The summed E-state index contributed by atoms with van der Waals surface area (Å²) in [5.74, 6) is 2.77. The van der Waals surface area contributed by atoms with Crippen molar-refractivity contribution in [3.63, 3.8) is 0 Å². The minimum absolute atomic E-state index is 0.0467. The highest BCUT2D eigenvalue weighted by Gasteiger charge is 2.48. The molecule has 3 fully saturated rings. The van der Waals surface area contributed by atoms with Crippen LogP contribution in [0, 0.1) is 17.8 Å². The lowest BCUT2D eigenvalue weighted by Gasteiger charge is -2.53. The van der Waals surface area contributed by atoms with Gasteiger partial charge in [0.05, 0.1) is 12.6 Å². The van der Waals surface area contributed by atoms with Gasteiger partial charge in [-0.25, -0.2) is 4.98 Å². The highest BCUT2D eigenvalue weighted by molar-refractivity contribution is 5.98. The molecule has 2 atom stereocenters. The van der Waals surface area contributed by atoms with Gasteiger partial charge in [0.15, 0.2) is 0 Å². The Bertz CT molecular complexity index is 837. The number of aromatic nitrogens is 2. The first-order valence-corrected chi connectivity index (χ1v) is 8.28. The zero-order valence-corrected chi connectivity index (χ0v) is 13.1. The number of rotatable bonds is 3. The number of amides is 1. The van der Waals surface area contributed by atoms with E-state index in [0.29, 0.717) is 11.6 Å². The van der Waals surface area contributed by atoms with E-state index in [1.165, 1.54) is 25.0 Å². The van der Waals surface area contributed by atoms with Crippen molar-refractivity contribution in [3.8, 4) is 5.88 Å².